The Morgan fingerprint density at radius 3 is 2.64 bits per heavy atom. The van der Waals surface area contributed by atoms with Crippen molar-refractivity contribution >= 4 is 5.91 Å². The van der Waals surface area contributed by atoms with Crippen LogP contribution in [0.25, 0.3) is 0 Å². The van der Waals surface area contributed by atoms with Crippen LogP contribution in [0.15, 0.2) is 12.1 Å². The second-order valence-corrected chi connectivity index (χ2v) is 6.06. The SMILES string of the molecule is COc1cc2c(cc1OC)[C@@H](CC(=O)NCC(C)C)NCC2. The maximum Gasteiger partial charge on any atom is 0.221 e. The van der Waals surface area contributed by atoms with Gasteiger partial charge in [-0.3, -0.25) is 4.79 Å². The van der Waals surface area contributed by atoms with E-state index >= 15 is 0 Å². The molecule has 1 heterocycles. The molecule has 0 saturated carbocycles. The molecule has 0 aromatic heterocycles. The largest absolute Gasteiger partial charge is 0.493 e. The highest BCUT2D eigenvalue weighted by Gasteiger charge is 2.24. The average Bonchev–Trinajstić information content (AvgIpc) is 2.51. The van der Waals surface area contributed by atoms with E-state index in [1.807, 2.05) is 12.1 Å². The summed E-state index contributed by atoms with van der Waals surface area (Å²) in [5.41, 5.74) is 2.35. The predicted octanol–water partition coefficient (Wildman–Crippen LogP) is 2.05. The summed E-state index contributed by atoms with van der Waals surface area (Å²) in [4.78, 5) is 12.1. The standard InChI is InChI=1S/C17H26N2O3/c1-11(2)10-19-17(20)9-14-13-8-16(22-4)15(21-3)7-12(13)5-6-18-14/h7-8,11,14,18H,5-6,9-10H2,1-4H3,(H,19,20)/t14-/m1/s1. The first-order valence-electron chi connectivity index (χ1n) is 7.80. The monoisotopic (exact) mass is 306 g/mol. The molecular weight excluding hydrogens is 280 g/mol. The molecule has 1 aromatic rings. The number of benzene rings is 1. The van der Waals surface area contributed by atoms with Gasteiger partial charge < -0.3 is 20.1 Å². The molecule has 0 saturated heterocycles. The maximum atomic E-state index is 12.1. The van der Waals surface area contributed by atoms with Crippen molar-refractivity contribution in [2.24, 2.45) is 5.92 Å². The van der Waals surface area contributed by atoms with Crippen LogP contribution >= 0.6 is 0 Å². The number of hydrogen-bond donors (Lipinski definition) is 2. The summed E-state index contributed by atoms with van der Waals surface area (Å²) in [6.07, 6.45) is 1.37. The van der Waals surface area contributed by atoms with Gasteiger partial charge >= 0.3 is 0 Å². The topological polar surface area (TPSA) is 59.6 Å². The zero-order valence-electron chi connectivity index (χ0n) is 13.9. The van der Waals surface area contributed by atoms with Gasteiger partial charge in [0, 0.05) is 19.0 Å². The molecule has 22 heavy (non-hydrogen) atoms. The Balaban J connectivity index is 2.15. The van der Waals surface area contributed by atoms with Crippen LogP contribution in [0.3, 0.4) is 0 Å². The fourth-order valence-electron chi connectivity index (χ4n) is 2.73. The minimum absolute atomic E-state index is 0.0238. The van der Waals surface area contributed by atoms with E-state index in [1.165, 1.54) is 5.56 Å². The van der Waals surface area contributed by atoms with E-state index in [2.05, 4.69) is 24.5 Å². The second kappa shape index (κ2) is 7.49. The van der Waals surface area contributed by atoms with Crippen LogP contribution in [0.4, 0.5) is 0 Å². The maximum absolute atomic E-state index is 12.1. The smallest absolute Gasteiger partial charge is 0.221 e. The lowest BCUT2D eigenvalue weighted by Gasteiger charge is -2.28. The predicted molar refractivity (Wildman–Crippen MR) is 86.5 cm³/mol. The molecule has 0 radical (unpaired) electrons. The highest BCUT2D eigenvalue weighted by Crippen LogP contribution is 2.36. The van der Waals surface area contributed by atoms with E-state index in [0.717, 1.165) is 24.3 Å². The molecule has 0 aliphatic carbocycles. The Morgan fingerprint density at radius 1 is 1.32 bits per heavy atom. The summed E-state index contributed by atoms with van der Waals surface area (Å²) in [5, 5.41) is 6.40. The second-order valence-electron chi connectivity index (χ2n) is 6.06. The number of methoxy groups -OCH3 is 2. The zero-order chi connectivity index (χ0) is 16.1. The Hall–Kier alpha value is -1.75. The van der Waals surface area contributed by atoms with Gasteiger partial charge in [0.2, 0.25) is 5.91 Å². The lowest BCUT2D eigenvalue weighted by atomic mass is 9.91. The van der Waals surface area contributed by atoms with Crippen molar-refractivity contribution in [2.75, 3.05) is 27.3 Å². The molecule has 1 atom stereocenters. The van der Waals surface area contributed by atoms with Crippen LogP contribution in [-0.4, -0.2) is 33.2 Å². The molecule has 1 aromatic carbocycles. The van der Waals surface area contributed by atoms with E-state index in [1.54, 1.807) is 14.2 Å². The first-order valence-corrected chi connectivity index (χ1v) is 7.80. The highest BCUT2D eigenvalue weighted by atomic mass is 16.5. The molecule has 1 amide bonds. The molecule has 5 heteroatoms. The summed E-state index contributed by atoms with van der Waals surface area (Å²) < 4.78 is 10.7. The minimum Gasteiger partial charge on any atom is -0.493 e. The number of fused-ring (bicyclic) bond motifs is 1. The molecule has 0 bridgehead atoms. The van der Waals surface area contributed by atoms with Crippen molar-refractivity contribution in [1.82, 2.24) is 10.6 Å². The molecule has 122 valence electrons. The fourth-order valence-corrected chi connectivity index (χ4v) is 2.73. The molecule has 0 unspecified atom stereocenters. The van der Waals surface area contributed by atoms with Crippen molar-refractivity contribution in [3.8, 4) is 11.5 Å². The quantitative estimate of drug-likeness (QED) is 0.844. The van der Waals surface area contributed by atoms with Gasteiger partial charge in [0.15, 0.2) is 11.5 Å². The summed E-state index contributed by atoms with van der Waals surface area (Å²) >= 11 is 0. The van der Waals surface area contributed by atoms with Crippen molar-refractivity contribution in [3.63, 3.8) is 0 Å². The average molecular weight is 306 g/mol. The lowest BCUT2D eigenvalue weighted by Crippen LogP contribution is -2.35. The van der Waals surface area contributed by atoms with E-state index < -0.39 is 0 Å². The Labute approximate surface area is 132 Å². The minimum atomic E-state index is 0.0238. The summed E-state index contributed by atoms with van der Waals surface area (Å²) in [6.45, 7) is 5.76. The molecule has 5 nitrogen and oxygen atoms in total. The summed E-state index contributed by atoms with van der Waals surface area (Å²) in [7, 11) is 3.27. The molecule has 0 fully saturated rings. The van der Waals surface area contributed by atoms with Crippen molar-refractivity contribution in [1.29, 1.82) is 0 Å². The van der Waals surface area contributed by atoms with Gasteiger partial charge in [-0.25, -0.2) is 0 Å². The first kappa shape index (κ1) is 16.6. The van der Waals surface area contributed by atoms with Gasteiger partial charge in [0.25, 0.3) is 0 Å². The van der Waals surface area contributed by atoms with E-state index in [-0.39, 0.29) is 11.9 Å². The number of rotatable bonds is 6. The normalized spacial score (nSPS) is 17.0. The Morgan fingerprint density at radius 2 is 2.00 bits per heavy atom. The van der Waals surface area contributed by atoms with Gasteiger partial charge in [0.1, 0.15) is 0 Å². The van der Waals surface area contributed by atoms with Crippen molar-refractivity contribution in [2.45, 2.75) is 32.7 Å². The van der Waals surface area contributed by atoms with Crippen LogP contribution in [-0.2, 0) is 11.2 Å². The number of ether oxygens (including phenoxy) is 2. The van der Waals surface area contributed by atoms with Crippen LogP contribution in [0.1, 0.15) is 37.4 Å². The third-order valence-corrected chi connectivity index (χ3v) is 3.90. The highest BCUT2D eigenvalue weighted by molar-refractivity contribution is 5.77. The van der Waals surface area contributed by atoms with Gasteiger partial charge in [-0.05, 0) is 42.1 Å². The number of hydrogen-bond acceptors (Lipinski definition) is 4. The number of amides is 1. The summed E-state index contributed by atoms with van der Waals surface area (Å²) in [6, 6.07) is 4.03. The van der Waals surface area contributed by atoms with Gasteiger partial charge in [-0.1, -0.05) is 13.8 Å². The van der Waals surface area contributed by atoms with Gasteiger partial charge in [-0.2, -0.15) is 0 Å². The zero-order valence-corrected chi connectivity index (χ0v) is 13.9. The Bertz CT molecular complexity index is 529. The molecule has 2 N–H and O–H groups in total. The number of carbonyl (C=O) groups is 1. The molecule has 1 aliphatic heterocycles. The van der Waals surface area contributed by atoms with E-state index in [4.69, 9.17) is 9.47 Å². The van der Waals surface area contributed by atoms with Crippen molar-refractivity contribution < 1.29 is 14.3 Å². The Kier molecular flexibility index (Phi) is 5.66. The van der Waals surface area contributed by atoms with Crippen LogP contribution in [0.2, 0.25) is 0 Å². The number of nitrogens with one attached hydrogen (secondary N) is 2. The van der Waals surface area contributed by atoms with Gasteiger partial charge in [-0.15, -0.1) is 0 Å². The summed E-state index contributed by atoms with van der Waals surface area (Å²) in [5.74, 6) is 1.98. The third-order valence-electron chi connectivity index (χ3n) is 3.90. The van der Waals surface area contributed by atoms with Crippen LogP contribution in [0, 0.1) is 5.92 Å². The molecule has 0 spiro atoms. The van der Waals surface area contributed by atoms with Crippen molar-refractivity contribution in [3.05, 3.63) is 23.3 Å². The molecule has 2 rings (SSSR count). The lowest BCUT2D eigenvalue weighted by molar-refractivity contribution is -0.121. The van der Waals surface area contributed by atoms with Gasteiger partial charge in [0.05, 0.1) is 14.2 Å². The molecular formula is C17H26N2O3. The van der Waals surface area contributed by atoms with E-state index in [0.29, 0.717) is 24.6 Å². The van der Waals surface area contributed by atoms with E-state index in [9.17, 15) is 4.79 Å². The van der Waals surface area contributed by atoms with Crippen LogP contribution in [0.5, 0.6) is 11.5 Å². The fraction of sp³-hybridized carbons (Fsp3) is 0.588. The first-order chi connectivity index (χ1) is 10.5. The molecule has 1 aliphatic rings. The number of carbonyl (C=O) groups excluding carboxylic acids is 1. The van der Waals surface area contributed by atoms with Crippen LogP contribution < -0.4 is 20.1 Å². The third kappa shape index (κ3) is 3.91.